The van der Waals surface area contributed by atoms with Gasteiger partial charge >= 0.3 is 0 Å². The number of hydrazone groups is 1. The summed E-state index contributed by atoms with van der Waals surface area (Å²) >= 11 is 4.48. The molecule has 0 saturated carbocycles. The molecular weight excluding hydrogens is 626 g/mol. The number of aromatic nitrogens is 4. The molecule has 0 aliphatic rings. The number of ether oxygens (including phenoxy) is 1. The molecule has 0 aliphatic carbocycles. The zero-order chi connectivity index (χ0) is 21.8. The van der Waals surface area contributed by atoms with Crippen molar-refractivity contribution in [1.82, 2.24) is 20.3 Å². The van der Waals surface area contributed by atoms with Crippen molar-refractivity contribution in [3.8, 4) is 5.75 Å². The summed E-state index contributed by atoms with van der Waals surface area (Å²) < 4.78 is 12.3. The van der Waals surface area contributed by atoms with Crippen molar-refractivity contribution in [2.24, 2.45) is 5.10 Å². The van der Waals surface area contributed by atoms with Crippen molar-refractivity contribution in [3.63, 3.8) is 0 Å². The number of nitrogens with zero attached hydrogens (tertiary/aromatic N) is 5. The van der Waals surface area contributed by atoms with E-state index < -0.39 is 0 Å². The van der Waals surface area contributed by atoms with Gasteiger partial charge in [-0.1, -0.05) is 17.7 Å². The Morgan fingerprint density at radius 2 is 1.71 bits per heavy atom. The molecule has 158 valence electrons. The number of anilines is 3. The van der Waals surface area contributed by atoms with Crippen LogP contribution in [0.2, 0.25) is 0 Å². The Balaban J connectivity index is 1.58. The quantitative estimate of drug-likeness (QED) is 0.153. The van der Waals surface area contributed by atoms with Crippen molar-refractivity contribution in [3.05, 3.63) is 54.7 Å². The zero-order valence-electron chi connectivity index (χ0n) is 16.3. The molecule has 3 N–H and O–H groups in total. The predicted octanol–water partition coefficient (Wildman–Crippen LogP) is 4.42. The van der Waals surface area contributed by atoms with Crippen LogP contribution in [0.4, 0.5) is 17.3 Å². The predicted molar refractivity (Wildman–Crippen MR) is 135 cm³/mol. The fraction of sp³-hybridized carbons (Fsp3) is 0.105. The Labute approximate surface area is 204 Å². The highest BCUT2D eigenvalue weighted by molar-refractivity contribution is 14.1. The minimum atomic E-state index is 0.264. The van der Waals surface area contributed by atoms with E-state index in [9.17, 15) is 0 Å². The van der Waals surface area contributed by atoms with Gasteiger partial charge in [-0.3, -0.25) is 16.3 Å². The van der Waals surface area contributed by atoms with Crippen LogP contribution >= 0.6 is 45.2 Å². The van der Waals surface area contributed by atoms with E-state index >= 15 is 0 Å². The third kappa shape index (κ3) is 5.12. The van der Waals surface area contributed by atoms with Gasteiger partial charge in [0.25, 0.3) is 0 Å². The monoisotopic (exact) mass is 642 g/mol. The molecule has 10 nitrogen and oxygen atoms in total. The highest BCUT2D eigenvalue weighted by Gasteiger charge is 2.13. The topological polar surface area (TPSA) is 122 Å². The van der Waals surface area contributed by atoms with Crippen LogP contribution in [0.5, 0.6) is 5.75 Å². The Hall–Kier alpha value is -2.75. The molecule has 2 heterocycles. The smallest absolute Gasteiger partial charge is 0.245 e. The number of benzene rings is 2. The summed E-state index contributed by atoms with van der Waals surface area (Å²) in [5.74, 6) is 1.47. The van der Waals surface area contributed by atoms with E-state index in [-0.39, 0.29) is 11.3 Å². The van der Waals surface area contributed by atoms with E-state index in [1.54, 1.807) is 13.3 Å². The van der Waals surface area contributed by atoms with Crippen LogP contribution in [-0.4, -0.2) is 33.6 Å². The van der Waals surface area contributed by atoms with Gasteiger partial charge < -0.3 is 4.74 Å². The standard InChI is InChI=1S/C19H16I2N8O2/c1-10-3-5-13(6-4-10)25-27-17-16(23-18-19(24-17)29-31-28-18)26-22-9-11-7-12(20)8-14(21)15(11)30-2/h3-9,25H,1-2H3,(H,23,26,28)(H,24,27,29)/b22-9+. The van der Waals surface area contributed by atoms with Gasteiger partial charge in [0.1, 0.15) is 5.75 Å². The Kier molecular flexibility index (Phi) is 6.64. The lowest BCUT2D eigenvalue weighted by Gasteiger charge is -2.12. The van der Waals surface area contributed by atoms with Crippen LogP contribution in [0.25, 0.3) is 11.3 Å². The molecule has 2 aromatic heterocycles. The van der Waals surface area contributed by atoms with E-state index in [1.807, 2.05) is 43.3 Å². The summed E-state index contributed by atoms with van der Waals surface area (Å²) in [7, 11) is 1.63. The molecular formula is C19H16I2N8O2. The molecule has 0 fully saturated rings. The van der Waals surface area contributed by atoms with Gasteiger partial charge in [0.05, 0.1) is 22.6 Å². The average molecular weight is 642 g/mol. The molecule has 0 radical (unpaired) electrons. The van der Waals surface area contributed by atoms with E-state index in [2.05, 4.69) is 86.8 Å². The molecule has 31 heavy (non-hydrogen) atoms. The van der Waals surface area contributed by atoms with Gasteiger partial charge in [0, 0.05) is 9.13 Å². The first-order valence-corrected chi connectivity index (χ1v) is 11.1. The van der Waals surface area contributed by atoms with Crippen LogP contribution in [-0.2, 0) is 0 Å². The molecule has 2 aromatic carbocycles. The highest BCUT2D eigenvalue weighted by atomic mass is 127. The number of hydrogen-bond acceptors (Lipinski definition) is 10. The molecule has 0 atom stereocenters. The summed E-state index contributed by atoms with van der Waals surface area (Å²) in [5, 5.41) is 11.8. The lowest BCUT2D eigenvalue weighted by Crippen LogP contribution is -2.13. The van der Waals surface area contributed by atoms with E-state index in [0.717, 1.165) is 29.7 Å². The lowest BCUT2D eigenvalue weighted by atomic mass is 10.2. The summed E-state index contributed by atoms with van der Waals surface area (Å²) in [6, 6.07) is 11.9. The van der Waals surface area contributed by atoms with Crippen LogP contribution < -0.4 is 21.0 Å². The second kappa shape index (κ2) is 9.59. The largest absolute Gasteiger partial charge is 0.495 e. The number of nitrogens with one attached hydrogen (secondary N) is 3. The molecule has 4 rings (SSSR count). The van der Waals surface area contributed by atoms with Gasteiger partial charge in [-0.05, 0) is 86.7 Å². The summed E-state index contributed by atoms with van der Waals surface area (Å²) in [5.41, 5.74) is 12.4. The molecule has 0 unspecified atom stereocenters. The second-order valence-corrected chi connectivity index (χ2v) is 8.74. The molecule has 0 spiro atoms. The maximum atomic E-state index is 5.49. The second-order valence-electron chi connectivity index (χ2n) is 6.33. The lowest BCUT2D eigenvalue weighted by molar-refractivity contribution is 0.314. The first kappa shape index (κ1) is 21.5. The number of methoxy groups -OCH3 is 1. The van der Waals surface area contributed by atoms with Crippen molar-refractivity contribution in [2.75, 3.05) is 23.4 Å². The van der Waals surface area contributed by atoms with Crippen LogP contribution in [0.3, 0.4) is 0 Å². The molecule has 0 amide bonds. The number of aryl methyl sites for hydroxylation is 1. The van der Waals surface area contributed by atoms with Crippen molar-refractivity contribution in [2.45, 2.75) is 6.92 Å². The van der Waals surface area contributed by atoms with Gasteiger partial charge in [-0.25, -0.2) is 4.63 Å². The van der Waals surface area contributed by atoms with Crippen LogP contribution in [0.15, 0.2) is 46.1 Å². The molecule has 0 aliphatic heterocycles. The van der Waals surface area contributed by atoms with Crippen molar-refractivity contribution >= 4 is 80.0 Å². The van der Waals surface area contributed by atoms with E-state index in [1.165, 1.54) is 0 Å². The number of halogens is 2. The maximum absolute atomic E-state index is 5.49. The highest BCUT2D eigenvalue weighted by Crippen LogP contribution is 2.27. The SMILES string of the molecule is COc1c(I)cc(I)cc1/C=N/Nc1nc2nonc2nc1NNc1ccc(C)cc1. The Bertz CT molecular complexity index is 1240. The van der Waals surface area contributed by atoms with E-state index in [0.29, 0.717) is 11.6 Å². The molecule has 12 heteroatoms. The third-order valence-electron chi connectivity index (χ3n) is 4.11. The number of fused-ring (bicyclic) bond motifs is 1. The van der Waals surface area contributed by atoms with Crippen molar-refractivity contribution < 1.29 is 9.37 Å². The fourth-order valence-corrected chi connectivity index (χ4v) is 4.74. The Morgan fingerprint density at radius 3 is 2.42 bits per heavy atom. The van der Waals surface area contributed by atoms with Crippen molar-refractivity contribution in [1.29, 1.82) is 0 Å². The summed E-state index contributed by atoms with van der Waals surface area (Å²) in [6.45, 7) is 2.03. The number of hydrogen-bond donors (Lipinski definition) is 3. The Morgan fingerprint density at radius 1 is 1.00 bits per heavy atom. The van der Waals surface area contributed by atoms with Gasteiger partial charge in [-0.15, -0.1) is 0 Å². The average Bonchev–Trinajstić information content (AvgIpc) is 3.20. The first-order valence-electron chi connectivity index (χ1n) is 8.94. The molecule has 0 bridgehead atoms. The minimum Gasteiger partial charge on any atom is -0.495 e. The van der Waals surface area contributed by atoms with E-state index in [4.69, 9.17) is 9.37 Å². The zero-order valence-corrected chi connectivity index (χ0v) is 20.7. The van der Waals surface area contributed by atoms with Crippen LogP contribution in [0, 0.1) is 14.1 Å². The minimum absolute atomic E-state index is 0.264. The molecule has 4 aromatic rings. The van der Waals surface area contributed by atoms with Gasteiger partial charge in [0.2, 0.25) is 11.3 Å². The summed E-state index contributed by atoms with van der Waals surface area (Å²) in [4.78, 5) is 8.77. The normalized spacial score (nSPS) is 11.1. The number of rotatable bonds is 7. The maximum Gasteiger partial charge on any atom is 0.245 e. The molecule has 0 saturated heterocycles. The van der Waals surface area contributed by atoms with Gasteiger partial charge in [0.15, 0.2) is 11.6 Å². The summed E-state index contributed by atoms with van der Waals surface area (Å²) in [6.07, 6.45) is 1.66. The first-order chi connectivity index (χ1) is 15.0. The van der Waals surface area contributed by atoms with Crippen LogP contribution in [0.1, 0.15) is 11.1 Å². The fourth-order valence-electron chi connectivity index (χ4n) is 2.63. The van der Waals surface area contributed by atoms with Gasteiger partial charge in [-0.2, -0.15) is 15.1 Å². The third-order valence-corrected chi connectivity index (χ3v) is 5.53. The number of hydrazine groups is 1.